The van der Waals surface area contributed by atoms with Crippen LogP contribution in [-0.4, -0.2) is 34.5 Å². The molecule has 1 N–H and O–H groups in total. The Kier molecular flexibility index (Phi) is 5.67. The van der Waals surface area contributed by atoms with Gasteiger partial charge in [0.15, 0.2) is 0 Å². The van der Waals surface area contributed by atoms with Gasteiger partial charge in [-0.3, -0.25) is 14.9 Å². The molecule has 1 aromatic heterocycles. The minimum atomic E-state index is -0.516. The van der Waals surface area contributed by atoms with Crippen LogP contribution < -0.4 is 10.9 Å². The lowest BCUT2D eigenvalue weighted by Crippen LogP contribution is -2.23. The van der Waals surface area contributed by atoms with Crippen LogP contribution >= 0.6 is 11.6 Å². The van der Waals surface area contributed by atoms with Crippen molar-refractivity contribution < 1.29 is 9.66 Å². The van der Waals surface area contributed by atoms with E-state index in [1.807, 2.05) is 6.92 Å². The van der Waals surface area contributed by atoms with Crippen LogP contribution in [-0.2, 0) is 4.74 Å². The summed E-state index contributed by atoms with van der Waals surface area (Å²) in [5.74, 6) is 0. The van der Waals surface area contributed by atoms with Crippen LogP contribution in [0.4, 0.5) is 11.4 Å². The van der Waals surface area contributed by atoms with E-state index in [2.05, 4.69) is 10.4 Å². The molecular weight excluding hydrogens is 324 g/mol. The first-order chi connectivity index (χ1) is 11.0. The molecule has 0 atom stereocenters. The Labute approximate surface area is 136 Å². The number of hydrogen-bond donors (Lipinski definition) is 1. The van der Waals surface area contributed by atoms with Crippen LogP contribution in [0.2, 0.25) is 5.02 Å². The molecule has 0 saturated heterocycles. The van der Waals surface area contributed by atoms with Gasteiger partial charge in [-0.1, -0.05) is 11.6 Å². The van der Waals surface area contributed by atoms with Crippen LogP contribution in [0.3, 0.4) is 0 Å². The summed E-state index contributed by atoms with van der Waals surface area (Å²) in [7, 11) is 0. The highest BCUT2D eigenvalue weighted by Crippen LogP contribution is 2.18. The fourth-order valence-electron chi connectivity index (χ4n) is 1.86. The van der Waals surface area contributed by atoms with Gasteiger partial charge in [-0.2, -0.15) is 9.78 Å². The highest BCUT2D eigenvalue weighted by molar-refractivity contribution is 6.32. The molecule has 0 radical (unpaired) electrons. The van der Waals surface area contributed by atoms with Crippen molar-refractivity contribution in [3.8, 4) is 5.69 Å². The summed E-state index contributed by atoms with van der Waals surface area (Å²) in [6.45, 7) is 3.48. The van der Waals surface area contributed by atoms with E-state index >= 15 is 0 Å². The number of non-ortho nitro benzene ring substituents is 1. The lowest BCUT2D eigenvalue weighted by molar-refractivity contribution is -0.384. The smallest absolute Gasteiger partial charge is 0.292 e. The van der Waals surface area contributed by atoms with Gasteiger partial charge in [0, 0.05) is 25.3 Å². The van der Waals surface area contributed by atoms with Crippen molar-refractivity contribution in [2.24, 2.45) is 0 Å². The van der Waals surface area contributed by atoms with Gasteiger partial charge in [-0.05, 0) is 19.1 Å². The van der Waals surface area contributed by atoms with Crippen molar-refractivity contribution in [2.75, 3.05) is 25.1 Å². The Bertz CT molecular complexity index is 745. The van der Waals surface area contributed by atoms with Gasteiger partial charge in [0.1, 0.15) is 5.02 Å². The van der Waals surface area contributed by atoms with Crippen molar-refractivity contribution in [3.63, 3.8) is 0 Å². The summed E-state index contributed by atoms with van der Waals surface area (Å²) in [6.07, 6.45) is 1.43. The molecular formula is C14H15ClN4O4. The minimum absolute atomic E-state index is 0.00477. The van der Waals surface area contributed by atoms with Crippen LogP contribution in [0.15, 0.2) is 35.3 Å². The maximum absolute atomic E-state index is 12.3. The van der Waals surface area contributed by atoms with E-state index in [1.165, 1.54) is 30.5 Å². The number of benzene rings is 1. The first-order valence-corrected chi connectivity index (χ1v) is 7.26. The molecule has 0 aliphatic rings. The number of nitrogens with zero attached hydrogens (tertiary/aromatic N) is 3. The van der Waals surface area contributed by atoms with Gasteiger partial charge in [0.2, 0.25) is 0 Å². The molecule has 0 bridgehead atoms. The lowest BCUT2D eigenvalue weighted by atomic mass is 10.3. The predicted molar refractivity (Wildman–Crippen MR) is 86.5 cm³/mol. The van der Waals surface area contributed by atoms with Crippen LogP contribution in [0.5, 0.6) is 0 Å². The number of rotatable bonds is 7. The largest absolute Gasteiger partial charge is 0.380 e. The molecule has 2 rings (SSSR count). The zero-order chi connectivity index (χ0) is 16.8. The molecule has 0 saturated carbocycles. The van der Waals surface area contributed by atoms with Gasteiger partial charge in [0.25, 0.3) is 11.2 Å². The Morgan fingerprint density at radius 3 is 2.70 bits per heavy atom. The number of ether oxygens (including phenoxy) is 1. The highest BCUT2D eigenvalue weighted by atomic mass is 35.5. The zero-order valence-electron chi connectivity index (χ0n) is 12.4. The summed E-state index contributed by atoms with van der Waals surface area (Å²) in [6, 6.07) is 5.47. The molecule has 0 fully saturated rings. The molecule has 0 spiro atoms. The maximum Gasteiger partial charge on any atom is 0.292 e. The number of anilines is 1. The van der Waals surface area contributed by atoms with Gasteiger partial charge in [-0.25, -0.2) is 0 Å². The Hall–Kier alpha value is -2.45. The number of aromatic nitrogens is 2. The topological polar surface area (TPSA) is 99.3 Å². The second kappa shape index (κ2) is 7.70. The standard InChI is InChI=1S/C14H15ClN4O4/c1-2-23-8-7-16-12-9-17-18(14(20)13(12)15)10-3-5-11(6-4-10)19(21)22/h3-6,9,16H,2,7-8H2,1H3. The Morgan fingerprint density at radius 1 is 1.39 bits per heavy atom. The molecule has 0 aliphatic carbocycles. The fourth-order valence-corrected chi connectivity index (χ4v) is 2.05. The lowest BCUT2D eigenvalue weighted by Gasteiger charge is -2.10. The number of halogens is 1. The summed E-state index contributed by atoms with van der Waals surface area (Å²) >= 11 is 6.06. The molecule has 8 nitrogen and oxygen atoms in total. The van der Waals surface area contributed by atoms with Gasteiger partial charge in [-0.15, -0.1) is 0 Å². The van der Waals surface area contributed by atoms with E-state index < -0.39 is 10.5 Å². The molecule has 1 heterocycles. The van der Waals surface area contributed by atoms with Crippen molar-refractivity contribution in [3.05, 3.63) is 56.0 Å². The van der Waals surface area contributed by atoms with Crippen LogP contribution in [0, 0.1) is 10.1 Å². The van der Waals surface area contributed by atoms with Gasteiger partial charge >= 0.3 is 0 Å². The first-order valence-electron chi connectivity index (χ1n) is 6.89. The normalized spacial score (nSPS) is 10.5. The Balaban J connectivity index is 2.22. The summed E-state index contributed by atoms with van der Waals surface area (Å²) in [4.78, 5) is 22.4. The third kappa shape index (κ3) is 4.05. The first kappa shape index (κ1) is 16.9. The number of hydrogen-bond acceptors (Lipinski definition) is 6. The quantitative estimate of drug-likeness (QED) is 0.472. The summed E-state index contributed by atoms with van der Waals surface area (Å²) < 4.78 is 6.27. The molecule has 0 aliphatic heterocycles. The van der Waals surface area contributed by atoms with Gasteiger partial charge in [0.05, 0.1) is 29.1 Å². The molecule has 122 valence electrons. The highest BCUT2D eigenvalue weighted by Gasteiger charge is 2.12. The summed E-state index contributed by atoms with van der Waals surface area (Å²) in [5, 5.41) is 17.6. The third-order valence-electron chi connectivity index (χ3n) is 2.99. The monoisotopic (exact) mass is 338 g/mol. The molecule has 9 heteroatoms. The van der Waals surface area contributed by atoms with Crippen molar-refractivity contribution in [2.45, 2.75) is 6.92 Å². The van der Waals surface area contributed by atoms with E-state index in [-0.39, 0.29) is 10.7 Å². The average Bonchev–Trinajstić information content (AvgIpc) is 2.55. The molecule has 2 aromatic rings. The number of nitro benzene ring substituents is 1. The van der Waals surface area contributed by atoms with Gasteiger partial charge < -0.3 is 10.1 Å². The predicted octanol–water partition coefficient (Wildman–Crippen LogP) is 2.24. The van der Waals surface area contributed by atoms with Crippen molar-refractivity contribution >= 4 is 23.0 Å². The number of nitro groups is 1. The molecule has 23 heavy (non-hydrogen) atoms. The van der Waals surface area contributed by atoms with Crippen molar-refractivity contribution in [1.82, 2.24) is 9.78 Å². The summed E-state index contributed by atoms with van der Waals surface area (Å²) in [5.41, 5.74) is 0.224. The van der Waals surface area contributed by atoms with Crippen LogP contribution in [0.25, 0.3) is 5.69 Å². The van der Waals surface area contributed by atoms with E-state index in [1.54, 1.807) is 0 Å². The third-order valence-corrected chi connectivity index (χ3v) is 3.36. The second-order valence-electron chi connectivity index (χ2n) is 4.49. The SMILES string of the molecule is CCOCCNc1cnn(-c2ccc([N+](=O)[O-])cc2)c(=O)c1Cl. The molecule has 0 amide bonds. The number of nitrogens with one attached hydrogen (secondary N) is 1. The molecule has 1 aromatic carbocycles. The Morgan fingerprint density at radius 2 is 2.09 bits per heavy atom. The second-order valence-corrected chi connectivity index (χ2v) is 4.86. The van der Waals surface area contributed by atoms with E-state index in [4.69, 9.17) is 16.3 Å². The van der Waals surface area contributed by atoms with Crippen LogP contribution in [0.1, 0.15) is 6.92 Å². The van der Waals surface area contributed by atoms with E-state index in [0.717, 1.165) is 4.68 Å². The van der Waals surface area contributed by atoms with E-state index in [0.29, 0.717) is 31.1 Å². The van der Waals surface area contributed by atoms with E-state index in [9.17, 15) is 14.9 Å². The van der Waals surface area contributed by atoms with Crippen molar-refractivity contribution in [1.29, 1.82) is 0 Å². The molecule has 0 unspecified atom stereocenters. The maximum atomic E-state index is 12.3. The minimum Gasteiger partial charge on any atom is -0.380 e. The fraction of sp³-hybridized carbons (Fsp3) is 0.286. The zero-order valence-corrected chi connectivity index (χ0v) is 13.1. The average molecular weight is 339 g/mol.